The summed E-state index contributed by atoms with van der Waals surface area (Å²) in [6, 6.07) is 18.7. The minimum atomic E-state index is -0.204. The molecule has 0 heterocycles. The maximum Gasteiger partial charge on any atom is 0.187 e. The van der Waals surface area contributed by atoms with Crippen molar-refractivity contribution in [3.05, 3.63) is 82.9 Å². The minimum absolute atomic E-state index is 0.204. The van der Waals surface area contributed by atoms with Crippen LogP contribution in [0.5, 0.6) is 17.2 Å². The predicted octanol–water partition coefficient (Wildman–Crippen LogP) is 5.86. The Morgan fingerprint density at radius 3 is 2.45 bits per heavy atom. The molecule has 3 aromatic rings. The first-order valence-electron chi connectivity index (χ1n) is 10.5. The Kier molecular flexibility index (Phi) is 8.52. The molecule has 0 aromatic heterocycles. The van der Waals surface area contributed by atoms with Gasteiger partial charge in [0.05, 0.1) is 19.2 Å². The van der Waals surface area contributed by atoms with Crippen molar-refractivity contribution in [1.29, 1.82) is 0 Å². The van der Waals surface area contributed by atoms with Crippen molar-refractivity contribution >= 4 is 23.5 Å². The quantitative estimate of drug-likeness (QED) is 0.277. The number of halogens is 1. The van der Waals surface area contributed by atoms with Crippen LogP contribution in [0, 0.1) is 0 Å². The molecule has 0 radical (unpaired) electrons. The molecule has 0 unspecified atom stereocenters. The maximum atomic E-state index is 12.8. The van der Waals surface area contributed by atoms with Crippen LogP contribution in [0.4, 0.5) is 0 Å². The molecule has 0 saturated carbocycles. The van der Waals surface area contributed by atoms with Gasteiger partial charge in [-0.05, 0) is 68.2 Å². The van der Waals surface area contributed by atoms with Gasteiger partial charge in [-0.25, -0.2) is 0 Å². The van der Waals surface area contributed by atoms with E-state index in [9.17, 15) is 4.79 Å². The smallest absolute Gasteiger partial charge is 0.187 e. The fraction of sp³-hybridized carbons (Fsp3) is 0.222. The number of hydrogen-bond donors (Lipinski definition) is 0. The van der Waals surface area contributed by atoms with E-state index in [1.54, 1.807) is 38.5 Å². The van der Waals surface area contributed by atoms with Crippen LogP contribution in [0.15, 0.2) is 66.7 Å². The summed E-state index contributed by atoms with van der Waals surface area (Å²) in [6.07, 6.45) is 3.26. The predicted molar refractivity (Wildman–Crippen MR) is 134 cm³/mol. The van der Waals surface area contributed by atoms with Gasteiger partial charge in [-0.3, -0.25) is 4.79 Å². The van der Waals surface area contributed by atoms with Crippen LogP contribution in [0.2, 0.25) is 5.02 Å². The number of hydrogen-bond acceptors (Lipinski definition) is 5. The number of para-hydroxylation sites is 1. The van der Waals surface area contributed by atoms with Gasteiger partial charge < -0.3 is 19.1 Å². The summed E-state index contributed by atoms with van der Waals surface area (Å²) in [5, 5.41) is 0.342. The number of carbonyl (C=O) groups excluding carboxylic acids is 1. The zero-order valence-corrected chi connectivity index (χ0v) is 20.1. The largest absolute Gasteiger partial charge is 0.497 e. The number of rotatable bonds is 10. The highest BCUT2D eigenvalue weighted by molar-refractivity contribution is 6.34. The summed E-state index contributed by atoms with van der Waals surface area (Å²) < 4.78 is 16.7. The first-order valence-corrected chi connectivity index (χ1v) is 10.9. The number of nitrogens with zero attached hydrogens (tertiary/aromatic N) is 1. The second-order valence-electron chi connectivity index (χ2n) is 7.65. The highest BCUT2D eigenvalue weighted by atomic mass is 35.5. The normalized spacial score (nSPS) is 11.1. The SMILES string of the molecule is COc1ccc(C(=O)C=Cc2cc(-c3ccccc3OC)ccc2OCCN(C)C)c(Cl)c1. The molecule has 0 N–H and O–H groups in total. The fourth-order valence-corrected chi connectivity index (χ4v) is 3.54. The van der Waals surface area contributed by atoms with E-state index < -0.39 is 0 Å². The Balaban J connectivity index is 1.94. The van der Waals surface area contributed by atoms with E-state index >= 15 is 0 Å². The van der Waals surface area contributed by atoms with E-state index in [4.69, 9.17) is 25.8 Å². The molecular weight excluding hydrogens is 438 g/mol. The average molecular weight is 466 g/mol. The third kappa shape index (κ3) is 6.37. The third-order valence-corrected chi connectivity index (χ3v) is 5.39. The van der Waals surface area contributed by atoms with Crippen molar-refractivity contribution in [2.45, 2.75) is 0 Å². The zero-order chi connectivity index (χ0) is 23.8. The summed E-state index contributed by atoms with van der Waals surface area (Å²) in [5.74, 6) is 1.86. The molecule has 0 amide bonds. The molecule has 5 nitrogen and oxygen atoms in total. The molecule has 0 spiro atoms. The highest BCUT2D eigenvalue weighted by Crippen LogP contribution is 2.33. The minimum Gasteiger partial charge on any atom is -0.497 e. The Morgan fingerprint density at radius 2 is 1.76 bits per heavy atom. The molecule has 0 atom stereocenters. The van der Waals surface area contributed by atoms with Crippen LogP contribution in [0.25, 0.3) is 17.2 Å². The Hall–Kier alpha value is -3.28. The van der Waals surface area contributed by atoms with Gasteiger partial charge in [0.1, 0.15) is 23.9 Å². The number of benzene rings is 3. The monoisotopic (exact) mass is 465 g/mol. The summed E-state index contributed by atoms with van der Waals surface area (Å²) in [5.41, 5.74) is 3.11. The summed E-state index contributed by atoms with van der Waals surface area (Å²) >= 11 is 6.27. The van der Waals surface area contributed by atoms with E-state index in [-0.39, 0.29) is 5.78 Å². The molecule has 172 valence electrons. The number of likely N-dealkylation sites (N-methyl/N-ethyl adjacent to an activating group) is 1. The van der Waals surface area contributed by atoms with Gasteiger partial charge in [-0.15, -0.1) is 0 Å². The summed E-state index contributed by atoms with van der Waals surface area (Å²) in [6.45, 7) is 1.30. The molecule has 3 rings (SSSR count). The van der Waals surface area contributed by atoms with Crippen molar-refractivity contribution in [3.63, 3.8) is 0 Å². The van der Waals surface area contributed by atoms with E-state index in [1.807, 2.05) is 61.5 Å². The van der Waals surface area contributed by atoms with E-state index in [1.165, 1.54) is 6.08 Å². The van der Waals surface area contributed by atoms with Crippen molar-refractivity contribution in [3.8, 4) is 28.4 Å². The van der Waals surface area contributed by atoms with Crippen LogP contribution in [-0.2, 0) is 0 Å². The van der Waals surface area contributed by atoms with E-state index in [0.717, 1.165) is 29.0 Å². The third-order valence-electron chi connectivity index (χ3n) is 5.08. The van der Waals surface area contributed by atoms with Crippen molar-refractivity contribution < 1.29 is 19.0 Å². The fourth-order valence-electron chi connectivity index (χ4n) is 3.28. The Labute approximate surface area is 200 Å². The molecule has 0 bridgehead atoms. The van der Waals surface area contributed by atoms with Gasteiger partial charge in [0, 0.05) is 23.2 Å². The Bertz CT molecular complexity index is 1140. The lowest BCUT2D eigenvalue weighted by molar-refractivity contribution is 0.104. The second kappa shape index (κ2) is 11.5. The van der Waals surface area contributed by atoms with Gasteiger partial charge in [0.2, 0.25) is 0 Å². The first kappa shape index (κ1) is 24.4. The molecule has 0 aliphatic heterocycles. The second-order valence-corrected chi connectivity index (χ2v) is 8.06. The van der Waals surface area contributed by atoms with Crippen LogP contribution >= 0.6 is 11.6 Å². The number of ketones is 1. The average Bonchev–Trinajstić information content (AvgIpc) is 2.82. The molecule has 3 aromatic carbocycles. The topological polar surface area (TPSA) is 48.0 Å². The van der Waals surface area contributed by atoms with Gasteiger partial charge >= 0.3 is 0 Å². The molecular formula is C27H28ClNO4. The Morgan fingerprint density at radius 1 is 0.970 bits per heavy atom. The van der Waals surface area contributed by atoms with Gasteiger partial charge in [0.25, 0.3) is 0 Å². The van der Waals surface area contributed by atoms with E-state index in [2.05, 4.69) is 0 Å². The first-order chi connectivity index (χ1) is 15.9. The van der Waals surface area contributed by atoms with Crippen molar-refractivity contribution in [2.75, 3.05) is 41.5 Å². The van der Waals surface area contributed by atoms with Crippen LogP contribution in [0.1, 0.15) is 15.9 Å². The van der Waals surface area contributed by atoms with Crippen LogP contribution < -0.4 is 14.2 Å². The lowest BCUT2D eigenvalue weighted by Crippen LogP contribution is -2.19. The van der Waals surface area contributed by atoms with Crippen molar-refractivity contribution in [2.24, 2.45) is 0 Å². The van der Waals surface area contributed by atoms with Gasteiger partial charge in [-0.1, -0.05) is 35.9 Å². The molecule has 6 heteroatoms. The van der Waals surface area contributed by atoms with E-state index in [0.29, 0.717) is 28.7 Å². The number of allylic oxidation sites excluding steroid dienone is 1. The van der Waals surface area contributed by atoms with Gasteiger partial charge in [-0.2, -0.15) is 0 Å². The van der Waals surface area contributed by atoms with Crippen molar-refractivity contribution in [1.82, 2.24) is 4.90 Å². The summed E-state index contributed by atoms with van der Waals surface area (Å²) in [7, 11) is 7.19. The van der Waals surface area contributed by atoms with Crippen LogP contribution in [0.3, 0.4) is 0 Å². The highest BCUT2D eigenvalue weighted by Gasteiger charge is 2.12. The zero-order valence-electron chi connectivity index (χ0n) is 19.3. The molecule has 0 aliphatic rings. The molecule has 0 fully saturated rings. The summed E-state index contributed by atoms with van der Waals surface area (Å²) in [4.78, 5) is 14.9. The standard InChI is InChI=1S/C27H28ClNO4/c1-29(2)15-16-33-26-14-10-19(22-7-5-6-8-27(22)32-4)17-20(26)9-13-25(30)23-12-11-21(31-3)18-24(23)28/h5-14,17-18H,15-16H2,1-4H3. The van der Waals surface area contributed by atoms with Crippen LogP contribution in [-0.4, -0.2) is 52.1 Å². The number of carbonyl (C=O) groups is 1. The maximum absolute atomic E-state index is 12.8. The molecule has 33 heavy (non-hydrogen) atoms. The lowest BCUT2D eigenvalue weighted by Gasteiger charge is -2.15. The number of ether oxygens (including phenoxy) is 3. The lowest BCUT2D eigenvalue weighted by atomic mass is 10.0. The van der Waals surface area contributed by atoms with Gasteiger partial charge in [0.15, 0.2) is 5.78 Å². The molecule has 0 saturated heterocycles. The number of methoxy groups -OCH3 is 2. The molecule has 0 aliphatic carbocycles.